The van der Waals surface area contributed by atoms with Crippen LogP contribution in [0.2, 0.25) is 0 Å². The first kappa shape index (κ1) is 10.4. The van der Waals surface area contributed by atoms with Gasteiger partial charge in [-0.2, -0.15) is 0 Å². The van der Waals surface area contributed by atoms with Gasteiger partial charge in [-0.05, 0) is 0 Å². The predicted molar refractivity (Wildman–Crippen MR) is 41.8 cm³/mol. The number of aliphatic hydroxyl groups excluding tert-OH is 3. The van der Waals surface area contributed by atoms with Crippen molar-refractivity contribution in [3.63, 3.8) is 0 Å². The van der Waals surface area contributed by atoms with Crippen molar-refractivity contribution in [1.29, 1.82) is 0 Å². The third-order valence-corrected chi connectivity index (χ3v) is 2.08. The van der Waals surface area contributed by atoms with E-state index in [0.717, 1.165) is 0 Å². The molecular formula is C7H13NO5. The quantitative estimate of drug-likeness (QED) is 0.361. The standard InChI is InChI=1S/C7H13NO5/c9-1-5-6(8-3-10)7(12)4(11)2-13-5/h3-7,9,11-12H,1-2H2,(H,8,10)/t4-,5+,6+,7+/m0/s1. The summed E-state index contributed by atoms with van der Waals surface area (Å²) in [5.74, 6) is 0. The molecule has 0 aromatic heterocycles. The van der Waals surface area contributed by atoms with Crippen LogP contribution in [0, 0.1) is 0 Å². The lowest BCUT2D eigenvalue weighted by molar-refractivity contribution is -0.153. The minimum Gasteiger partial charge on any atom is -0.394 e. The summed E-state index contributed by atoms with van der Waals surface area (Å²) in [5, 5.41) is 29.7. The second-order valence-electron chi connectivity index (χ2n) is 2.92. The largest absolute Gasteiger partial charge is 0.394 e. The lowest BCUT2D eigenvalue weighted by Crippen LogP contribution is -2.59. The first-order chi connectivity index (χ1) is 6.20. The zero-order valence-electron chi connectivity index (χ0n) is 6.96. The first-order valence-corrected chi connectivity index (χ1v) is 3.99. The molecule has 0 radical (unpaired) electrons. The molecule has 76 valence electrons. The van der Waals surface area contributed by atoms with Crippen molar-refractivity contribution < 1.29 is 24.9 Å². The van der Waals surface area contributed by atoms with Gasteiger partial charge in [0.2, 0.25) is 6.41 Å². The van der Waals surface area contributed by atoms with Gasteiger partial charge in [0.25, 0.3) is 0 Å². The average Bonchev–Trinajstić information content (AvgIpc) is 2.14. The molecule has 0 bridgehead atoms. The fraction of sp³-hybridized carbons (Fsp3) is 0.857. The van der Waals surface area contributed by atoms with Crippen molar-refractivity contribution in [3.05, 3.63) is 0 Å². The Labute approximate surface area is 75.1 Å². The SMILES string of the molecule is O=CN[C@H]1[C@H](O)[C@@H](O)CO[C@@H]1CO. The maximum absolute atomic E-state index is 10.1. The van der Waals surface area contributed by atoms with Gasteiger partial charge < -0.3 is 25.4 Å². The predicted octanol–water partition coefficient (Wildman–Crippen LogP) is -2.79. The molecule has 1 heterocycles. The van der Waals surface area contributed by atoms with Gasteiger partial charge in [-0.3, -0.25) is 4.79 Å². The van der Waals surface area contributed by atoms with Gasteiger partial charge in [-0.25, -0.2) is 0 Å². The molecule has 0 aliphatic carbocycles. The smallest absolute Gasteiger partial charge is 0.207 e. The van der Waals surface area contributed by atoms with Crippen LogP contribution in [0.1, 0.15) is 0 Å². The minimum absolute atomic E-state index is 0.0383. The summed E-state index contributed by atoms with van der Waals surface area (Å²) in [6.07, 6.45) is -2.39. The van der Waals surface area contributed by atoms with Crippen LogP contribution in [0.25, 0.3) is 0 Å². The summed E-state index contributed by atoms with van der Waals surface area (Å²) < 4.78 is 4.99. The Morgan fingerprint density at radius 1 is 1.54 bits per heavy atom. The number of rotatable bonds is 3. The maximum Gasteiger partial charge on any atom is 0.207 e. The van der Waals surface area contributed by atoms with E-state index >= 15 is 0 Å². The van der Waals surface area contributed by atoms with Crippen LogP contribution in [-0.4, -0.2) is 59.3 Å². The van der Waals surface area contributed by atoms with Gasteiger partial charge >= 0.3 is 0 Å². The van der Waals surface area contributed by atoms with Crippen molar-refractivity contribution in [2.45, 2.75) is 24.4 Å². The molecule has 0 unspecified atom stereocenters. The summed E-state index contributed by atoms with van der Waals surface area (Å²) in [7, 11) is 0. The van der Waals surface area contributed by atoms with Gasteiger partial charge in [0, 0.05) is 0 Å². The number of ether oxygens (including phenoxy) is 1. The molecule has 1 saturated heterocycles. The van der Waals surface area contributed by atoms with Gasteiger partial charge in [-0.1, -0.05) is 0 Å². The average molecular weight is 191 g/mol. The van der Waals surface area contributed by atoms with Gasteiger partial charge in [-0.15, -0.1) is 0 Å². The lowest BCUT2D eigenvalue weighted by Gasteiger charge is -2.36. The van der Waals surface area contributed by atoms with Crippen molar-refractivity contribution in [1.82, 2.24) is 5.32 Å². The zero-order valence-corrected chi connectivity index (χ0v) is 6.96. The monoisotopic (exact) mass is 191 g/mol. The van der Waals surface area contributed by atoms with Gasteiger partial charge in [0.15, 0.2) is 0 Å². The van der Waals surface area contributed by atoms with Crippen molar-refractivity contribution in [2.24, 2.45) is 0 Å². The topological polar surface area (TPSA) is 99.0 Å². The summed E-state index contributed by atoms with van der Waals surface area (Å²) in [6.45, 7) is -0.348. The Bertz CT molecular complexity index is 174. The van der Waals surface area contributed by atoms with E-state index < -0.39 is 24.4 Å². The molecule has 6 heteroatoms. The molecule has 0 aromatic carbocycles. The molecule has 13 heavy (non-hydrogen) atoms. The highest BCUT2D eigenvalue weighted by Gasteiger charge is 2.37. The van der Waals surface area contributed by atoms with Crippen LogP contribution in [0.3, 0.4) is 0 Å². The van der Waals surface area contributed by atoms with E-state index in [4.69, 9.17) is 9.84 Å². The Hall–Kier alpha value is -0.690. The Kier molecular flexibility index (Phi) is 3.61. The fourth-order valence-corrected chi connectivity index (χ4v) is 1.33. The normalized spacial score (nSPS) is 39.9. The van der Waals surface area contributed by atoms with E-state index in [-0.39, 0.29) is 13.2 Å². The molecule has 6 nitrogen and oxygen atoms in total. The Balaban J connectivity index is 2.62. The van der Waals surface area contributed by atoms with Crippen LogP contribution in [0.5, 0.6) is 0 Å². The number of nitrogens with one attached hydrogen (secondary N) is 1. The number of aliphatic hydroxyl groups is 3. The van der Waals surface area contributed by atoms with E-state index in [0.29, 0.717) is 6.41 Å². The Morgan fingerprint density at radius 3 is 2.77 bits per heavy atom. The number of hydrogen-bond acceptors (Lipinski definition) is 5. The first-order valence-electron chi connectivity index (χ1n) is 3.99. The molecule has 1 aliphatic heterocycles. The van der Waals surface area contributed by atoms with E-state index in [1.165, 1.54) is 0 Å². The van der Waals surface area contributed by atoms with Crippen LogP contribution in [-0.2, 0) is 9.53 Å². The third kappa shape index (κ3) is 2.16. The Morgan fingerprint density at radius 2 is 2.23 bits per heavy atom. The second-order valence-corrected chi connectivity index (χ2v) is 2.92. The highest BCUT2D eigenvalue weighted by atomic mass is 16.5. The van der Waals surface area contributed by atoms with Gasteiger partial charge in [0.05, 0.1) is 19.3 Å². The zero-order chi connectivity index (χ0) is 9.84. The molecule has 0 spiro atoms. The number of carbonyl (C=O) groups excluding carboxylic acids is 1. The summed E-state index contributed by atoms with van der Waals surface area (Å²) in [6, 6.07) is -0.758. The van der Waals surface area contributed by atoms with Crippen molar-refractivity contribution in [2.75, 3.05) is 13.2 Å². The highest BCUT2D eigenvalue weighted by Crippen LogP contribution is 2.14. The molecular weight excluding hydrogens is 178 g/mol. The lowest BCUT2D eigenvalue weighted by atomic mass is 9.98. The molecule has 1 fully saturated rings. The van der Waals surface area contributed by atoms with E-state index in [1.54, 1.807) is 0 Å². The van der Waals surface area contributed by atoms with E-state index in [1.807, 2.05) is 0 Å². The molecule has 0 saturated carbocycles. The molecule has 4 N–H and O–H groups in total. The van der Waals surface area contributed by atoms with E-state index in [9.17, 15) is 15.0 Å². The van der Waals surface area contributed by atoms with Crippen molar-refractivity contribution >= 4 is 6.41 Å². The summed E-state index contributed by atoms with van der Waals surface area (Å²) in [5.41, 5.74) is 0. The molecule has 0 aromatic rings. The van der Waals surface area contributed by atoms with Crippen LogP contribution >= 0.6 is 0 Å². The second kappa shape index (κ2) is 4.52. The van der Waals surface area contributed by atoms with Crippen LogP contribution in [0.15, 0.2) is 0 Å². The number of amides is 1. The molecule has 1 amide bonds. The maximum atomic E-state index is 10.1. The van der Waals surface area contributed by atoms with Crippen molar-refractivity contribution in [3.8, 4) is 0 Å². The molecule has 4 atom stereocenters. The number of hydrogen-bond donors (Lipinski definition) is 4. The minimum atomic E-state index is -1.10. The molecule has 1 rings (SSSR count). The van der Waals surface area contributed by atoms with Crippen LogP contribution < -0.4 is 5.32 Å². The van der Waals surface area contributed by atoms with Gasteiger partial charge in [0.1, 0.15) is 18.3 Å². The number of carbonyl (C=O) groups is 1. The summed E-state index contributed by atoms with van der Waals surface area (Å²) >= 11 is 0. The third-order valence-electron chi connectivity index (χ3n) is 2.08. The molecule has 1 aliphatic rings. The summed E-state index contributed by atoms with van der Waals surface area (Å²) in [4.78, 5) is 10.1. The van der Waals surface area contributed by atoms with Crippen LogP contribution in [0.4, 0.5) is 0 Å². The highest BCUT2D eigenvalue weighted by molar-refractivity contribution is 5.47. The fourth-order valence-electron chi connectivity index (χ4n) is 1.33. The van der Waals surface area contributed by atoms with E-state index in [2.05, 4.69) is 5.32 Å².